The molecule has 0 radical (unpaired) electrons. The van der Waals surface area contributed by atoms with Crippen LogP contribution in [-0.2, 0) is 4.79 Å². The molecular formula is C22H23N5O2S. The van der Waals surface area contributed by atoms with Crippen LogP contribution in [0.4, 0.5) is 0 Å². The van der Waals surface area contributed by atoms with E-state index in [1.807, 2.05) is 67.6 Å². The summed E-state index contributed by atoms with van der Waals surface area (Å²) in [6.07, 6.45) is 0. The third-order valence-corrected chi connectivity index (χ3v) is 6.16. The van der Waals surface area contributed by atoms with Crippen molar-refractivity contribution in [2.24, 2.45) is 0 Å². The molecule has 0 aliphatic rings. The Kier molecular flexibility index (Phi) is 5.11. The number of hydrogen-bond acceptors (Lipinski definition) is 5. The lowest BCUT2D eigenvalue weighted by atomic mass is 10.1. The minimum absolute atomic E-state index is 0.0101. The Balaban J connectivity index is 2.05. The highest BCUT2D eigenvalue weighted by atomic mass is 32.2. The lowest BCUT2D eigenvalue weighted by Gasteiger charge is -2.17. The summed E-state index contributed by atoms with van der Waals surface area (Å²) in [6, 6.07) is 13.3. The first-order chi connectivity index (χ1) is 14.3. The van der Waals surface area contributed by atoms with Crippen LogP contribution in [0.5, 0.6) is 0 Å². The van der Waals surface area contributed by atoms with Crippen LogP contribution in [0.3, 0.4) is 0 Å². The lowest BCUT2D eigenvalue weighted by Crippen LogP contribution is -2.29. The molecule has 0 N–H and O–H groups in total. The van der Waals surface area contributed by atoms with Gasteiger partial charge in [0.15, 0.2) is 5.16 Å². The maximum absolute atomic E-state index is 13.5. The van der Waals surface area contributed by atoms with Gasteiger partial charge in [-0.15, -0.1) is 10.2 Å². The Morgan fingerprint density at radius 3 is 2.37 bits per heavy atom. The van der Waals surface area contributed by atoms with Crippen LogP contribution in [0, 0.1) is 13.8 Å². The number of benzene rings is 2. The third-order valence-electron chi connectivity index (χ3n) is 5.13. The van der Waals surface area contributed by atoms with E-state index in [1.54, 1.807) is 23.6 Å². The highest BCUT2D eigenvalue weighted by Crippen LogP contribution is 2.28. The van der Waals surface area contributed by atoms with Crippen molar-refractivity contribution in [1.82, 2.24) is 24.1 Å². The Morgan fingerprint density at radius 2 is 1.70 bits per heavy atom. The van der Waals surface area contributed by atoms with Crippen LogP contribution in [0.1, 0.15) is 18.1 Å². The van der Waals surface area contributed by atoms with Crippen molar-refractivity contribution >= 4 is 34.3 Å². The van der Waals surface area contributed by atoms with Crippen molar-refractivity contribution in [2.75, 3.05) is 14.1 Å². The van der Waals surface area contributed by atoms with Crippen molar-refractivity contribution < 1.29 is 4.79 Å². The van der Waals surface area contributed by atoms with Gasteiger partial charge in [0, 0.05) is 14.1 Å². The summed E-state index contributed by atoms with van der Waals surface area (Å²) in [5, 5.41) is 9.54. The fourth-order valence-corrected chi connectivity index (χ4v) is 4.69. The molecule has 0 bridgehead atoms. The monoisotopic (exact) mass is 421 g/mol. The van der Waals surface area contributed by atoms with E-state index in [-0.39, 0.29) is 16.7 Å². The molecule has 0 saturated heterocycles. The Hall–Kier alpha value is -3.13. The minimum Gasteiger partial charge on any atom is -0.348 e. The van der Waals surface area contributed by atoms with Gasteiger partial charge in [0.2, 0.25) is 11.7 Å². The topological polar surface area (TPSA) is 72.5 Å². The summed E-state index contributed by atoms with van der Waals surface area (Å²) in [6.45, 7) is 5.80. The van der Waals surface area contributed by atoms with Crippen LogP contribution < -0.4 is 5.56 Å². The zero-order chi connectivity index (χ0) is 21.6. The summed E-state index contributed by atoms with van der Waals surface area (Å²) >= 11 is 1.33. The van der Waals surface area contributed by atoms with Crippen LogP contribution in [0.15, 0.2) is 52.4 Å². The van der Waals surface area contributed by atoms with Crippen LogP contribution >= 0.6 is 11.8 Å². The highest BCUT2D eigenvalue weighted by Gasteiger charge is 2.23. The number of thioether (sulfide) groups is 1. The van der Waals surface area contributed by atoms with Gasteiger partial charge in [-0.3, -0.25) is 14.0 Å². The molecule has 8 heteroatoms. The first-order valence-electron chi connectivity index (χ1n) is 9.64. The van der Waals surface area contributed by atoms with Crippen LogP contribution in [-0.4, -0.2) is 49.3 Å². The zero-order valence-corrected chi connectivity index (χ0v) is 18.4. The van der Waals surface area contributed by atoms with E-state index in [9.17, 15) is 9.59 Å². The molecule has 2 heterocycles. The number of aryl methyl sites for hydroxylation is 2. The van der Waals surface area contributed by atoms with Crippen molar-refractivity contribution in [3.05, 3.63) is 63.9 Å². The second-order valence-corrected chi connectivity index (χ2v) is 8.82. The minimum atomic E-state index is -0.341. The molecule has 0 spiro atoms. The molecule has 1 amide bonds. The van der Waals surface area contributed by atoms with E-state index in [0.29, 0.717) is 16.3 Å². The van der Waals surface area contributed by atoms with Crippen molar-refractivity contribution in [2.45, 2.75) is 31.2 Å². The summed E-state index contributed by atoms with van der Waals surface area (Å²) < 4.78 is 3.50. The quantitative estimate of drug-likeness (QED) is 0.473. The number of amides is 1. The number of nitrogens with zero attached hydrogens (tertiary/aromatic N) is 5. The summed E-state index contributed by atoms with van der Waals surface area (Å²) in [5.74, 6) is 0.423. The fraction of sp³-hybridized carbons (Fsp3) is 0.273. The Morgan fingerprint density at radius 1 is 1.03 bits per heavy atom. The Bertz CT molecular complexity index is 1320. The molecule has 1 unspecified atom stereocenters. The smallest absolute Gasteiger partial charge is 0.267 e. The molecule has 30 heavy (non-hydrogen) atoms. The Labute approximate surface area is 178 Å². The summed E-state index contributed by atoms with van der Waals surface area (Å²) in [4.78, 5) is 27.4. The van der Waals surface area contributed by atoms with Gasteiger partial charge in [-0.05, 0) is 44.0 Å². The normalized spacial score (nSPS) is 12.4. The molecule has 0 fully saturated rings. The average molecular weight is 422 g/mol. The van der Waals surface area contributed by atoms with Gasteiger partial charge >= 0.3 is 0 Å². The summed E-state index contributed by atoms with van der Waals surface area (Å²) in [5.41, 5.74) is 3.33. The maximum Gasteiger partial charge on any atom is 0.267 e. The molecule has 2 aromatic heterocycles. The van der Waals surface area contributed by atoms with Gasteiger partial charge in [0.1, 0.15) is 0 Å². The second-order valence-electron chi connectivity index (χ2n) is 7.51. The van der Waals surface area contributed by atoms with Crippen LogP contribution in [0.2, 0.25) is 0 Å². The molecular weight excluding hydrogens is 398 g/mol. The van der Waals surface area contributed by atoms with Gasteiger partial charge < -0.3 is 4.90 Å². The molecule has 1 atom stereocenters. The highest BCUT2D eigenvalue weighted by molar-refractivity contribution is 8.00. The molecule has 154 valence electrons. The first kappa shape index (κ1) is 20.2. The lowest BCUT2D eigenvalue weighted by molar-refractivity contribution is -0.127. The predicted molar refractivity (Wildman–Crippen MR) is 120 cm³/mol. The molecule has 0 aliphatic heterocycles. The van der Waals surface area contributed by atoms with E-state index >= 15 is 0 Å². The largest absolute Gasteiger partial charge is 0.348 e. The third kappa shape index (κ3) is 3.17. The van der Waals surface area contributed by atoms with Gasteiger partial charge in [-0.25, -0.2) is 4.57 Å². The molecule has 0 aliphatic carbocycles. The molecule has 4 aromatic rings. The number of fused-ring (bicyclic) bond motifs is 3. The molecule has 4 rings (SSSR count). The second kappa shape index (κ2) is 7.60. The number of carbonyl (C=O) groups is 1. The van der Waals surface area contributed by atoms with E-state index in [4.69, 9.17) is 0 Å². The van der Waals surface area contributed by atoms with E-state index in [1.165, 1.54) is 11.8 Å². The van der Waals surface area contributed by atoms with Crippen LogP contribution in [0.25, 0.3) is 22.4 Å². The zero-order valence-electron chi connectivity index (χ0n) is 17.6. The number of carbonyl (C=O) groups excluding carboxylic acids is 1. The van der Waals surface area contributed by atoms with Crippen molar-refractivity contribution in [1.29, 1.82) is 0 Å². The van der Waals surface area contributed by atoms with E-state index in [2.05, 4.69) is 10.2 Å². The standard InChI is InChI=1S/C22H23N5O2S/c1-13-9-8-10-14(2)18(13)27-20(29)16-11-6-7-12-17(16)26-21(27)23-24-22(26)30-15(3)19(28)25(4)5/h6-12,15H,1-5H3. The number of rotatable bonds is 4. The van der Waals surface area contributed by atoms with E-state index in [0.717, 1.165) is 22.3 Å². The SMILES string of the molecule is Cc1cccc(C)c1-n1c(=O)c2ccccc2n2c(SC(C)C(=O)N(C)C)nnc12. The molecule has 7 nitrogen and oxygen atoms in total. The van der Waals surface area contributed by atoms with Gasteiger partial charge in [-0.2, -0.15) is 0 Å². The van der Waals surface area contributed by atoms with Gasteiger partial charge in [0.05, 0.1) is 21.8 Å². The number of para-hydroxylation sites is 2. The predicted octanol–water partition coefficient (Wildman–Crippen LogP) is 3.22. The van der Waals surface area contributed by atoms with Gasteiger partial charge in [-0.1, -0.05) is 42.1 Å². The van der Waals surface area contributed by atoms with Crippen molar-refractivity contribution in [3.63, 3.8) is 0 Å². The first-order valence-corrected chi connectivity index (χ1v) is 10.5. The number of aromatic nitrogens is 4. The fourth-order valence-electron chi connectivity index (χ4n) is 3.69. The number of hydrogen-bond donors (Lipinski definition) is 0. The molecule has 0 saturated carbocycles. The van der Waals surface area contributed by atoms with Gasteiger partial charge in [0.25, 0.3) is 5.56 Å². The van der Waals surface area contributed by atoms with E-state index < -0.39 is 0 Å². The average Bonchev–Trinajstić information content (AvgIpc) is 3.12. The molecule has 2 aromatic carbocycles. The summed E-state index contributed by atoms with van der Waals surface area (Å²) in [7, 11) is 3.46. The maximum atomic E-state index is 13.5. The van der Waals surface area contributed by atoms with Crippen molar-refractivity contribution in [3.8, 4) is 5.69 Å².